The lowest BCUT2D eigenvalue weighted by Gasteiger charge is -2.34. The first-order chi connectivity index (χ1) is 12.9. The van der Waals surface area contributed by atoms with Gasteiger partial charge >= 0.3 is 6.09 Å². The standard InChI is InChI=1S/C21H29N3O3/c1-21(2,3)27-20(25)24-15-8-7-13-17(24)19-23-22-18(26-19)14-9-12-16-10-5-4-6-11-16/h4-6,10-11,17H,7-9,12-15H2,1-3H3. The lowest BCUT2D eigenvalue weighted by atomic mass is 10.0. The number of amides is 1. The van der Waals surface area contributed by atoms with Crippen LogP contribution in [0.2, 0.25) is 0 Å². The van der Waals surface area contributed by atoms with E-state index in [9.17, 15) is 4.79 Å². The average Bonchev–Trinajstić information content (AvgIpc) is 3.10. The van der Waals surface area contributed by atoms with Gasteiger partial charge in [0, 0.05) is 13.0 Å². The first-order valence-corrected chi connectivity index (χ1v) is 9.78. The van der Waals surface area contributed by atoms with Gasteiger partial charge in [0.25, 0.3) is 0 Å². The van der Waals surface area contributed by atoms with E-state index < -0.39 is 5.60 Å². The molecule has 0 spiro atoms. The average molecular weight is 371 g/mol. The minimum atomic E-state index is -0.517. The largest absolute Gasteiger partial charge is 0.444 e. The summed E-state index contributed by atoms with van der Waals surface area (Å²) in [6.07, 6.45) is 5.18. The summed E-state index contributed by atoms with van der Waals surface area (Å²) < 4.78 is 11.4. The van der Waals surface area contributed by atoms with E-state index in [1.165, 1.54) is 5.56 Å². The van der Waals surface area contributed by atoms with E-state index in [2.05, 4.69) is 34.5 Å². The first kappa shape index (κ1) is 19.4. The molecule has 1 saturated heterocycles. The van der Waals surface area contributed by atoms with Crippen molar-refractivity contribution in [2.24, 2.45) is 0 Å². The molecule has 6 nitrogen and oxygen atoms in total. The van der Waals surface area contributed by atoms with E-state index in [1.54, 1.807) is 4.90 Å². The fraction of sp³-hybridized carbons (Fsp3) is 0.571. The van der Waals surface area contributed by atoms with Gasteiger partial charge in [0.1, 0.15) is 11.6 Å². The monoisotopic (exact) mass is 371 g/mol. The summed E-state index contributed by atoms with van der Waals surface area (Å²) in [4.78, 5) is 14.3. The second kappa shape index (κ2) is 8.55. The molecule has 0 saturated carbocycles. The number of nitrogens with zero attached hydrogens (tertiary/aromatic N) is 3. The van der Waals surface area contributed by atoms with Gasteiger partial charge in [-0.15, -0.1) is 10.2 Å². The van der Waals surface area contributed by atoms with Gasteiger partial charge in [0.05, 0.1) is 0 Å². The Labute approximate surface area is 160 Å². The second-order valence-electron chi connectivity index (χ2n) is 8.06. The molecule has 0 N–H and O–H groups in total. The highest BCUT2D eigenvalue weighted by Gasteiger charge is 2.34. The third-order valence-corrected chi connectivity index (χ3v) is 4.60. The SMILES string of the molecule is CC(C)(C)OC(=O)N1CCCCC1c1nnc(CCCc2ccccc2)o1. The molecule has 0 aliphatic carbocycles. The molecule has 27 heavy (non-hydrogen) atoms. The maximum absolute atomic E-state index is 12.5. The van der Waals surface area contributed by atoms with Crippen molar-refractivity contribution in [3.63, 3.8) is 0 Å². The molecule has 146 valence electrons. The summed E-state index contributed by atoms with van der Waals surface area (Å²) in [5.74, 6) is 1.16. The van der Waals surface area contributed by atoms with Gasteiger partial charge in [-0.05, 0) is 58.4 Å². The first-order valence-electron chi connectivity index (χ1n) is 9.78. The van der Waals surface area contributed by atoms with Crippen LogP contribution in [0.3, 0.4) is 0 Å². The van der Waals surface area contributed by atoms with Gasteiger partial charge in [0.2, 0.25) is 11.8 Å². The molecular formula is C21H29N3O3. The molecule has 1 unspecified atom stereocenters. The van der Waals surface area contributed by atoms with Crippen molar-refractivity contribution in [3.8, 4) is 0 Å². The second-order valence-corrected chi connectivity index (χ2v) is 8.06. The predicted octanol–water partition coefficient (Wildman–Crippen LogP) is 4.71. The number of aromatic nitrogens is 2. The number of likely N-dealkylation sites (tertiary alicyclic amines) is 1. The van der Waals surface area contributed by atoms with Crippen LogP contribution >= 0.6 is 0 Å². The minimum absolute atomic E-state index is 0.191. The van der Waals surface area contributed by atoms with Gasteiger partial charge in [0.15, 0.2) is 0 Å². The smallest absolute Gasteiger partial charge is 0.410 e. The highest BCUT2D eigenvalue weighted by Crippen LogP contribution is 2.31. The number of hydrogen-bond acceptors (Lipinski definition) is 5. The van der Waals surface area contributed by atoms with Gasteiger partial charge < -0.3 is 9.15 Å². The maximum Gasteiger partial charge on any atom is 0.410 e. The summed E-state index contributed by atoms with van der Waals surface area (Å²) in [5, 5.41) is 8.42. The third-order valence-electron chi connectivity index (χ3n) is 4.60. The maximum atomic E-state index is 12.5. The van der Waals surface area contributed by atoms with Gasteiger partial charge in [-0.1, -0.05) is 30.3 Å². The predicted molar refractivity (Wildman–Crippen MR) is 102 cm³/mol. The normalized spacial score (nSPS) is 17.7. The summed E-state index contributed by atoms with van der Waals surface area (Å²) >= 11 is 0. The van der Waals surface area contributed by atoms with Crippen LogP contribution in [0, 0.1) is 0 Å². The Kier molecular flexibility index (Phi) is 6.14. The summed E-state index contributed by atoms with van der Waals surface area (Å²) in [5.41, 5.74) is 0.789. The summed E-state index contributed by atoms with van der Waals surface area (Å²) in [6, 6.07) is 10.2. The van der Waals surface area contributed by atoms with E-state index in [0.29, 0.717) is 18.3 Å². The Morgan fingerprint density at radius 1 is 1.19 bits per heavy atom. The number of rotatable bonds is 5. The number of piperidine rings is 1. The van der Waals surface area contributed by atoms with Crippen molar-refractivity contribution in [1.82, 2.24) is 15.1 Å². The van der Waals surface area contributed by atoms with Gasteiger partial charge in [-0.25, -0.2) is 4.79 Å². The van der Waals surface area contributed by atoms with Crippen molar-refractivity contribution >= 4 is 6.09 Å². The summed E-state index contributed by atoms with van der Waals surface area (Å²) in [7, 11) is 0. The zero-order chi connectivity index (χ0) is 19.3. The minimum Gasteiger partial charge on any atom is -0.444 e. The molecule has 3 rings (SSSR count). The van der Waals surface area contributed by atoms with Crippen molar-refractivity contribution < 1.29 is 13.9 Å². The molecule has 2 aromatic rings. The lowest BCUT2D eigenvalue weighted by Crippen LogP contribution is -2.42. The molecule has 1 fully saturated rings. The van der Waals surface area contributed by atoms with Gasteiger partial charge in [-0.3, -0.25) is 4.90 Å². The van der Waals surface area contributed by atoms with Crippen molar-refractivity contribution in [2.75, 3.05) is 6.54 Å². The van der Waals surface area contributed by atoms with Crippen molar-refractivity contribution in [2.45, 2.75) is 70.9 Å². The number of ether oxygens (including phenoxy) is 1. The Bertz CT molecular complexity index is 737. The Balaban J connectivity index is 1.60. The topological polar surface area (TPSA) is 68.5 Å². The summed E-state index contributed by atoms with van der Waals surface area (Å²) in [6.45, 7) is 6.29. The van der Waals surface area contributed by atoms with Crippen LogP contribution in [0.5, 0.6) is 0 Å². The number of benzene rings is 1. The third kappa shape index (κ3) is 5.55. The highest BCUT2D eigenvalue weighted by molar-refractivity contribution is 5.68. The molecule has 1 aliphatic rings. The Morgan fingerprint density at radius 2 is 1.96 bits per heavy atom. The number of aryl methyl sites for hydroxylation is 2. The van der Waals surface area contributed by atoms with Crippen LogP contribution in [0.25, 0.3) is 0 Å². The molecule has 1 aromatic carbocycles. The quantitative estimate of drug-likeness (QED) is 0.761. The van der Waals surface area contributed by atoms with Gasteiger partial charge in [-0.2, -0.15) is 0 Å². The number of carbonyl (C=O) groups is 1. The zero-order valence-electron chi connectivity index (χ0n) is 16.5. The zero-order valence-corrected chi connectivity index (χ0v) is 16.5. The molecule has 0 radical (unpaired) electrons. The van der Waals surface area contributed by atoms with Crippen LogP contribution in [0.1, 0.15) is 69.8 Å². The van der Waals surface area contributed by atoms with Crippen LogP contribution < -0.4 is 0 Å². The fourth-order valence-corrected chi connectivity index (χ4v) is 3.32. The molecule has 6 heteroatoms. The van der Waals surface area contributed by atoms with Crippen molar-refractivity contribution in [3.05, 3.63) is 47.7 Å². The molecule has 1 atom stereocenters. The molecule has 2 heterocycles. The van der Waals surface area contributed by atoms with Crippen LogP contribution in [-0.2, 0) is 17.6 Å². The van der Waals surface area contributed by atoms with Crippen LogP contribution in [0.4, 0.5) is 4.79 Å². The number of carbonyl (C=O) groups excluding carboxylic acids is 1. The Morgan fingerprint density at radius 3 is 2.70 bits per heavy atom. The lowest BCUT2D eigenvalue weighted by molar-refractivity contribution is 0.00595. The fourth-order valence-electron chi connectivity index (χ4n) is 3.32. The highest BCUT2D eigenvalue weighted by atomic mass is 16.6. The van der Waals surface area contributed by atoms with E-state index in [4.69, 9.17) is 9.15 Å². The Hall–Kier alpha value is -2.37. The van der Waals surface area contributed by atoms with E-state index >= 15 is 0 Å². The number of hydrogen-bond donors (Lipinski definition) is 0. The molecule has 1 amide bonds. The van der Waals surface area contributed by atoms with Crippen LogP contribution in [0.15, 0.2) is 34.7 Å². The van der Waals surface area contributed by atoms with Crippen LogP contribution in [-0.4, -0.2) is 33.3 Å². The van der Waals surface area contributed by atoms with E-state index in [1.807, 2.05) is 26.8 Å². The molecule has 0 bridgehead atoms. The van der Waals surface area contributed by atoms with E-state index in [-0.39, 0.29) is 12.1 Å². The molecule has 1 aromatic heterocycles. The van der Waals surface area contributed by atoms with Crippen molar-refractivity contribution in [1.29, 1.82) is 0 Å². The molecular weight excluding hydrogens is 342 g/mol. The molecule has 1 aliphatic heterocycles. The van der Waals surface area contributed by atoms with E-state index in [0.717, 1.165) is 38.5 Å².